The Hall–Kier alpha value is -0.620. The predicted molar refractivity (Wildman–Crippen MR) is 71.4 cm³/mol. The average Bonchev–Trinajstić information content (AvgIpc) is 2.98. The molecule has 3 N–H and O–H groups in total. The van der Waals surface area contributed by atoms with Gasteiger partial charge in [0.2, 0.25) is 0 Å². The Morgan fingerprint density at radius 3 is 2.67 bits per heavy atom. The smallest absolute Gasteiger partial charge is 0.155 e. The van der Waals surface area contributed by atoms with Crippen LogP contribution in [0.2, 0.25) is 5.02 Å². The Morgan fingerprint density at radius 1 is 1.50 bits per heavy atom. The Kier molecular flexibility index (Phi) is 3.44. The van der Waals surface area contributed by atoms with E-state index in [2.05, 4.69) is 0 Å². The van der Waals surface area contributed by atoms with Crippen LogP contribution in [0.4, 0.5) is 0 Å². The van der Waals surface area contributed by atoms with Crippen LogP contribution < -0.4 is 5.73 Å². The van der Waals surface area contributed by atoms with Crippen molar-refractivity contribution in [3.63, 3.8) is 0 Å². The zero-order chi connectivity index (χ0) is 13.6. The molecule has 1 saturated carbocycles. The van der Waals surface area contributed by atoms with Gasteiger partial charge in [-0.2, -0.15) is 0 Å². The highest BCUT2D eigenvalue weighted by Gasteiger charge is 2.68. The van der Waals surface area contributed by atoms with Crippen LogP contribution >= 0.6 is 11.6 Å². The number of benzene rings is 1. The molecule has 0 radical (unpaired) electrons. The first-order chi connectivity index (χ1) is 8.36. The molecule has 3 atom stereocenters. The van der Waals surface area contributed by atoms with E-state index < -0.39 is 20.6 Å². The number of nitrogens with two attached hydrogens (primary N) is 1. The Morgan fingerprint density at radius 2 is 2.17 bits per heavy atom. The van der Waals surface area contributed by atoms with Crippen molar-refractivity contribution in [3.05, 3.63) is 34.9 Å². The van der Waals surface area contributed by atoms with Crippen LogP contribution in [0.3, 0.4) is 0 Å². The van der Waals surface area contributed by atoms with Gasteiger partial charge in [-0.15, -0.1) is 0 Å². The molecule has 4 nitrogen and oxygen atoms in total. The van der Waals surface area contributed by atoms with Crippen molar-refractivity contribution in [2.24, 2.45) is 5.73 Å². The molecule has 1 aliphatic rings. The molecule has 1 aromatic rings. The van der Waals surface area contributed by atoms with Crippen molar-refractivity contribution in [1.82, 2.24) is 0 Å². The summed E-state index contributed by atoms with van der Waals surface area (Å²) in [5, 5.41) is 9.18. The maximum atomic E-state index is 12.0. The Bertz CT molecular complexity index is 560. The molecule has 100 valence electrons. The zero-order valence-corrected chi connectivity index (χ0v) is 11.6. The summed E-state index contributed by atoms with van der Waals surface area (Å²) in [7, 11) is -3.28. The van der Waals surface area contributed by atoms with Crippen molar-refractivity contribution in [3.8, 4) is 0 Å². The van der Waals surface area contributed by atoms with E-state index in [1.165, 1.54) is 0 Å². The molecule has 6 heteroatoms. The molecule has 0 spiro atoms. The first-order valence-corrected chi connectivity index (χ1v) is 7.83. The third-order valence-electron chi connectivity index (χ3n) is 3.57. The summed E-state index contributed by atoms with van der Waals surface area (Å²) in [4.78, 5) is 0. The van der Waals surface area contributed by atoms with E-state index in [9.17, 15) is 13.5 Å². The second kappa shape index (κ2) is 4.49. The highest BCUT2D eigenvalue weighted by Crippen LogP contribution is 2.54. The standard InChI is InChI=1S/C12H16ClNO3S/c1-2-18(16,17)11-10(12(11,14)7-15)8-4-3-5-9(13)6-8/h3-6,10-11,15H,2,7,14H2,1H3/t10-,11-,12+/m1/s1. The van der Waals surface area contributed by atoms with Gasteiger partial charge >= 0.3 is 0 Å². The summed E-state index contributed by atoms with van der Waals surface area (Å²) < 4.78 is 24.0. The van der Waals surface area contributed by atoms with Crippen LogP contribution in [-0.4, -0.2) is 36.7 Å². The lowest BCUT2D eigenvalue weighted by Gasteiger charge is -2.07. The van der Waals surface area contributed by atoms with Gasteiger partial charge in [0.25, 0.3) is 0 Å². The van der Waals surface area contributed by atoms with Gasteiger partial charge in [-0.25, -0.2) is 8.42 Å². The number of sulfone groups is 1. The molecule has 0 aromatic heterocycles. The van der Waals surface area contributed by atoms with Crippen molar-refractivity contribution in [2.75, 3.05) is 12.4 Å². The first kappa shape index (κ1) is 13.8. The van der Waals surface area contributed by atoms with E-state index in [1.54, 1.807) is 31.2 Å². The molecule has 2 rings (SSSR count). The van der Waals surface area contributed by atoms with Crippen LogP contribution in [-0.2, 0) is 9.84 Å². The molecule has 0 heterocycles. The molecule has 0 amide bonds. The SMILES string of the molecule is CCS(=O)(=O)[C@@H]1[C@@H](c2cccc(Cl)c2)[C@@]1(N)CO. The van der Waals surface area contributed by atoms with Crippen LogP contribution in [0.25, 0.3) is 0 Å². The molecule has 0 aliphatic heterocycles. The highest BCUT2D eigenvalue weighted by molar-refractivity contribution is 7.92. The van der Waals surface area contributed by atoms with E-state index in [-0.39, 0.29) is 18.3 Å². The number of hydrogen-bond donors (Lipinski definition) is 2. The van der Waals surface area contributed by atoms with Crippen molar-refractivity contribution < 1.29 is 13.5 Å². The minimum Gasteiger partial charge on any atom is -0.394 e. The van der Waals surface area contributed by atoms with Crippen LogP contribution in [0.1, 0.15) is 18.4 Å². The Labute approximate surface area is 112 Å². The number of aliphatic hydroxyl groups excluding tert-OH is 1. The fourth-order valence-corrected chi connectivity index (χ4v) is 4.71. The minimum atomic E-state index is -3.28. The number of rotatable bonds is 4. The quantitative estimate of drug-likeness (QED) is 0.864. The second-order valence-corrected chi connectivity index (χ2v) is 7.52. The van der Waals surface area contributed by atoms with Crippen LogP contribution in [0.15, 0.2) is 24.3 Å². The lowest BCUT2D eigenvalue weighted by atomic mass is 10.1. The molecule has 18 heavy (non-hydrogen) atoms. The minimum absolute atomic E-state index is 0.0215. The van der Waals surface area contributed by atoms with Gasteiger partial charge in [0.05, 0.1) is 17.4 Å². The highest BCUT2D eigenvalue weighted by atomic mass is 35.5. The van der Waals surface area contributed by atoms with Crippen molar-refractivity contribution in [2.45, 2.75) is 23.6 Å². The van der Waals surface area contributed by atoms with Gasteiger partial charge in [-0.1, -0.05) is 30.7 Å². The predicted octanol–water partition coefficient (Wildman–Crippen LogP) is 0.930. The third-order valence-corrected chi connectivity index (χ3v) is 6.10. The molecular weight excluding hydrogens is 274 g/mol. The fourth-order valence-electron chi connectivity index (χ4n) is 2.52. The fraction of sp³-hybridized carbons (Fsp3) is 0.500. The van der Waals surface area contributed by atoms with E-state index in [0.717, 1.165) is 5.56 Å². The maximum Gasteiger partial charge on any atom is 0.155 e. The summed E-state index contributed by atoms with van der Waals surface area (Å²) in [6.45, 7) is 1.23. The molecule has 0 saturated heterocycles. The van der Waals surface area contributed by atoms with Gasteiger partial charge in [0.1, 0.15) is 0 Å². The van der Waals surface area contributed by atoms with E-state index in [0.29, 0.717) is 5.02 Å². The summed E-state index contributed by atoms with van der Waals surface area (Å²) in [6, 6.07) is 6.96. The Balaban J connectivity index is 2.40. The molecule has 1 fully saturated rings. The lowest BCUT2D eigenvalue weighted by Crippen LogP contribution is -2.35. The molecule has 1 aromatic carbocycles. The zero-order valence-electron chi connectivity index (χ0n) is 10.0. The monoisotopic (exact) mass is 289 g/mol. The average molecular weight is 290 g/mol. The van der Waals surface area contributed by atoms with Gasteiger partial charge in [0.15, 0.2) is 9.84 Å². The normalized spacial score (nSPS) is 31.3. The third kappa shape index (κ3) is 2.05. The van der Waals surface area contributed by atoms with Crippen LogP contribution in [0, 0.1) is 0 Å². The molecule has 1 aliphatic carbocycles. The maximum absolute atomic E-state index is 12.0. The van der Waals surface area contributed by atoms with E-state index in [4.69, 9.17) is 17.3 Å². The van der Waals surface area contributed by atoms with Crippen molar-refractivity contribution >= 4 is 21.4 Å². The molecule has 0 unspecified atom stereocenters. The van der Waals surface area contributed by atoms with Gasteiger partial charge < -0.3 is 10.8 Å². The second-order valence-electron chi connectivity index (χ2n) is 4.68. The first-order valence-electron chi connectivity index (χ1n) is 5.73. The summed E-state index contributed by atoms with van der Waals surface area (Å²) >= 11 is 5.90. The van der Waals surface area contributed by atoms with Gasteiger partial charge in [0, 0.05) is 16.7 Å². The number of halogens is 1. The van der Waals surface area contributed by atoms with Crippen molar-refractivity contribution in [1.29, 1.82) is 0 Å². The molecule has 0 bridgehead atoms. The number of aliphatic hydroxyl groups is 1. The molecular formula is C12H16ClNO3S. The van der Waals surface area contributed by atoms with Gasteiger partial charge in [-0.3, -0.25) is 0 Å². The summed E-state index contributed by atoms with van der Waals surface area (Å²) in [5.74, 6) is -0.362. The van der Waals surface area contributed by atoms with Gasteiger partial charge in [-0.05, 0) is 17.7 Å². The van der Waals surface area contributed by atoms with Crippen LogP contribution in [0.5, 0.6) is 0 Å². The number of hydrogen-bond acceptors (Lipinski definition) is 4. The van der Waals surface area contributed by atoms with E-state index in [1.807, 2.05) is 0 Å². The van der Waals surface area contributed by atoms with E-state index >= 15 is 0 Å². The topological polar surface area (TPSA) is 80.4 Å². The lowest BCUT2D eigenvalue weighted by molar-refractivity contribution is 0.253. The summed E-state index contributed by atoms with van der Waals surface area (Å²) in [6.07, 6.45) is 0. The largest absolute Gasteiger partial charge is 0.394 e. The summed E-state index contributed by atoms with van der Waals surface area (Å²) in [5.41, 5.74) is 5.69.